The topological polar surface area (TPSA) is 72.1 Å². The van der Waals surface area contributed by atoms with Gasteiger partial charge in [-0.05, 0) is 38.7 Å². The summed E-state index contributed by atoms with van der Waals surface area (Å²) in [6, 6.07) is 9.84. The fraction of sp³-hybridized carbons (Fsp3) is 0.417. The molecular formula is C24H28N4O2. The van der Waals surface area contributed by atoms with E-state index >= 15 is 0 Å². The van der Waals surface area contributed by atoms with Crippen LogP contribution in [0.1, 0.15) is 60.6 Å². The minimum Gasteiger partial charge on any atom is -0.356 e. The van der Waals surface area contributed by atoms with Crippen molar-refractivity contribution in [3.63, 3.8) is 0 Å². The maximum Gasteiger partial charge on any atom is 0.227 e. The molecule has 1 fully saturated rings. The van der Waals surface area contributed by atoms with Gasteiger partial charge in [-0.3, -0.25) is 4.79 Å². The van der Waals surface area contributed by atoms with Gasteiger partial charge in [-0.25, -0.2) is 9.97 Å². The highest BCUT2D eigenvalue weighted by molar-refractivity contribution is 5.80. The number of rotatable bonds is 6. The van der Waals surface area contributed by atoms with E-state index in [0.29, 0.717) is 12.2 Å². The Balaban J connectivity index is 1.70. The number of likely N-dealkylation sites (tertiary alicyclic amines) is 1. The van der Waals surface area contributed by atoms with Gasteiger partial charge in [0.25, 0.3) is 0 Å². The van der Waals surface area contributed by atoms with Crippen LogP contribution in [0, 0.1) is 13.8 Å². The number of carbonyl (C=O) groups excluding carboxylic acids is 1. The maximum atomic E-state index is 13.2. The molecule has 6 heteroatoms. The molecule has 0 bridgehead atoms. The van der Waals surface area contributed by atoms with E-state index < -0.39 is 0 Å². The van der Waals surface area contributed by atoms with Crippen LogP contribution in [0.5, 0.6) is 0 Å². The first kappa shape index (κ1) is 20.3. The van der Waals surface area contributed by atoms with Gasteiger partial charge in [0, 0.05) is 24.7 Å². The first-order valence-electron chi connectivity index (χ1n) is 10.7. The molecule has 3 aromatic rings. The first-order chi connectivity index (χ1) is 14.6. The molecule has 0 N–H and O–H groups in total. The molecule has 1 amide bonds. The van der Waals surface area contributed by atoms with Crippen molar-refractivity contribution in [3.8, 4) is 11.3 Å². The fourth-order valence-corrected chi connectivity index (χ4v) is 4.09. The first-order valence-corrected chi connectivity index (χ1v) is 10.7. The van der Waals surface area contributed by atoms with Gasteiger partial charge < -0.3 is 9.42 Å². The molecule has 0 radical (unpaired) electrons. The van der Waals surface area contributed by atoms with Crippen molar-refractivity contribution in [3.05, 3.63) is 64.9 Å². The van der Waals surface area contributed by atoms with E-state index in [1.54, 1.807) is 0 Å². The molecule has 1 atom stereocenters. The third kappa shape index (κ3) is 3.99. The molecule has 3 heterocycles. The summed E-state index contributed by atoms with van der Waals surface area (Å²) in [5, 5.41) is 4.12. The van der Waals surface area contributed by atoms with Gasteiger partial charge in [-0.15, -0.1) is 0 Å². The van der Waals surface area contributed by atoms with Crippen molar-refractivity contribution < 1.29 is 9.32 Å². The van der Waals surface area contributed by atoms with Crippen molar-refractivity contribution in [2.75, 3.05) is 6.54 Å². The average Bonchev–Trinajstić information content (AvgIpc) is 3.37. The molecule has 1 saturated heterocycles. The van der Waals surface area contributed by atoms with E-state index in [1.165, 1.54) is 0 Å². The summed E-state index contributed by atoms with van der Waals surface area (Å²) in [5.74, 6) is 1.65. The number of aryl methyl sites for hydroxylation is 2. The van der Waals surface area contributed by atoms with Crippen molar-refractivity contribution >= 4 is 5.91 Å². The molecule has 0 aliphatic carbocycles. The lowest BCUT2D eigenvalue weighted by atomic mass is 10.0. The molecule has 2 aromatic heterocycles. The Labute approximate surface area is 177 Å². The van der Waals surface area contributed by atoms with Crippen LogP contribution >= 0.6 is 0 Å². The summed E-state index contributed by atoms with van der Waals surface area (Å²) >= 11 is 0. The van der Waals surface area contributed by atoms with E-state index in [0.717, 1.165) is 66.1 Å². The van der Waals surface area contributed by atoms with Gasteiger partial charge in [0.05, 0.1) is 29.4 Å². The lowest BCUT2D eigenvalue weighted by Crippen LogP contribution is -2.32. The van der Waals surface area contributed by atoms with Crippen LogP contribution in [0.2, 0.25) is 0 Å². The Bertz CT molecular complexity index is 1030. The Morgan fingerprint density at radius 1 is 1.23 bits per heavy atom. The summed E-state index contributed by atoms with van der Waals surface area (Å²) < 4.78 is 5.64. The Kier molecular flexibility index (Phi) is 5.93. The minimum atomic E-state index is -0.0698. The quantitative estimate of drug-likeness (QED) is 0.600. The molecule has 156 valence electrons. The minimum absolute atomic E-state index is 0.0698. The highest BCUT2D eigenvalue weighted by Gasteiger charge is 2.34. The molecule has 0 spiro atoms. The largest absolute Gasteiger partial charge is 0.356 e. The third-order valence-electron chi connectivity index (χ3n) is 5.83. The van der Waals surface area contributed by atoms with Crippen molar-refractivity contribution in [2.24, 2.45) is 0 Å². The maximum absolute atomic E-state index is 13.2. The van der Waals surface area contributed by atoms with Crippen LogP contribution in [-0.2, 0) is 17.6 Å². The number of nitrogens with zero attached hydrogens (tertiary/aromatic N) is 4. The molecule has 1 aliphatic rings. The van der Waals surface area contributed by atoms with E-state index in [9.17, 15) is 4.79 Å². The SMILES string of the molecule is CCCc1ncc(-c2onc(C)c2C)c([C@H]2CCCN2C(=O)Cc2ccccc2)n1. The monoisotopic (exact) mass is 404 g/mol. The van der Waals surface area contributed by atoms with E-state index in [-0.39, 0.29) is 11.9 Å². The van der Waals surface area contributed by atoms with Crippen molar-refractivity contribution in [1.82, 2.24) is 20.0 Å². The molecule has 6 nitrogen and oxygen atoms in total. The smallest absolute Gasteiger partial charge is 0.227 e. The van der Waals surface area contributed by atoms with Gasteiger partial charge in [0.1, 0.15) is 5.82 Å². The Morgan fingerprint density at radius 2 is 2.03 bits per heavy atom. The van der Waals surface area contributed by atoms with E-state index in [1.807, 2.05) is 55.3 Å². The van der Waals surface area contributed by atoms with Crippen LogP contribution in [0.25, 0.3) is 11.3 Å². The van der Waals surface area contributed by atoms with Crippen LogP contribution in [0.3, 0.4) is 0 Å². The van der Waals surface area contributed by atoms with Crippen LogP contribution in [0.15, 0.2) is 41.1 Å². The van der Waals surface area contributed by atoms with Crippen molar-refractivity contribution in [2.45, 2.75) is 58.9 Å². The number of hydrogen-bond acceptors (Lipinski definition) is 5. The number of amides is 1. The standard InChI is InChI=1S/C24H28N4O2/c1-4-9-21-25-15-19(24-16(2)17(3)27-30-24)23(26-21)20-12-8-13-28(20)22(29)14-18-10-6-5-7-11-18/h5-7,10-11,15,20H,4,8-9,12-14H2,1-3H3/t20-/m1/s1. The highest BCUT2D eigenvalue weighted by atomic mass is 16.5. The van der Waals surface area contributed by atoms with Gasteiger partial charge in [0.2, 0.25) is 5.91 Å². The molecular weight excluding hydrogens is 376 g/mol. The zero-order valence-corrected chi connectivity index (χ0v) is 17.9. The lowest BCUT2D eigenvalue weighted by Gasteiger charge is -2.26. The van der Waals surface area contributed by atoms with Gasteiger partial charge in [0.15, 0.2) is 5.76 Å². The number of aromatic nitrogens is 3. The summed E-state index contributed by atoms with van der Waals surface area (Å²) in [4.78, 5) is 24.6. The predicted octanol–water partition coefficient (Wildman–Crippen LogP) is 4.61. The second kappa shape index (κ2) is 8.78. The second-order valence-corrected chi connectivity index (χ2v) is 7.96. The van der Waals surface area contributed by atoms with E-state index in [4.69, 9.17) is 9.51 Å². The van der Waals surface area contributed by atoms with Crippen LogP contribution < -0.4 is 0 Å². The van der Waals surface area contributed by atoms with E-state index in [2.05, 4.69) is 17.1 Å². The number of hydrogen-bond donors (Lipinski definition) is 0. The second-order valence-electron chi connectivity index (χ2n) is 7.96. The Morgan fingerprint density at radius 3 is 2.73 bits per heavy atom. The molecule has 4 rings (SSSR count). The number of carbonyl (C=O) groups is 1. The summed E-state index contributed by atoms with van der Waals surface area (Å²) in [6.07, 6.45) is 5.89. The lowest BCUT2D eigenvalue weighted by molar-refractivity contribution is -0.131. The molecule has 1 aromatic carbocycles. The van der Waals surface area contributed by atoms with Gasteiger partial charge >= 0.3 is 0 Å². The fourth-order valence-electron chi connectivity index (χ4n) is 4.09. The Hall–Kier alpha value is -3.02. The number of benzene rings is 1. The molecule has 0 unspecified atom stereocenters. The zero-order valence-electron chi connectivity index (χ0n) is 17.9. The van der Waals surface area contributed by atoms with Crippen LogP contribution in [0.4, 0.5) is 0 Å². The summed E-state index contributed by atoms with van der Waals surface area (Å²) in [5.41, 5.74) is 4.61. The van der Waals surface area contributed by atoms with Crippen molar-refractivity contribution in [1.29, 1.82) is 0 Å². The van der Waals surface area contributed by atoms with Gasteiger partial charge in [-0.1, -0.05) is 42.4 Å². The highest BCUT2D eigenvalue weighted by Crippen LogP contribution is 2.38. The van der Waals surface area contributed by atoms with Gasteiger partial charge in [-0.2, -0.15) is 0 Å². The summed E-state index contributed by atoms with van der Waals surface area (Å²) in [7, 11) is 0. The zero-order chi connectivity index (χ0) is 21.1. The van der Waals surface area contributed by atoms with Crippen LogP contribution in [-0.4, -0.2) is 32.5 Å². The predicted molar refractivity (Wildman–Crippen MR) is 115 cm³/mol. The molecule has 1 aliphatic heterocycles. The molecule has 30 heavy (non-hydrogen) atoms. The molecule has 0 saturated carbocycles. The summed E-state index contributed by atoms with van der Waals surface area (Å²) in [6.45, 7) is 6.79. The third-order valence-corrected chi connectivity index (χ3v) is 5.83. The average molecular weight is 405 g/mol. The normalized spacial score (nSPS) is 16.2.